The zero-order valence-corrected chi connectivity index (χ0v) is 14.2. The molecule has 1 saturated carbocycles. The van der Waals surface area contributed by atoms with Crippen molar-refractivity contribution in [2.24, 2.45) is 0 Å². The minimum atomic E-state index is -3.93. The number of benzene rings is 1. The van der Waals surface area contributed by atoms with Gasteiger partial charge in [-0.1, -0.05) is 6.42 Å². The van der Waals surface area contributed by atoms with Crippen LogP contribution in [0.4, 0.5) is 0 Å². The van der Waals surface area contributed by atoms with E-state index < -0.39 is 27.1 Å². The van der Waals surface area contributed by atoms with Crippen LogP contribution in [0.25, 0.3) is 0 Å². The summed E-state index contributed by atoms with van der Waals surface area (Å²) in [5, 5.41) is 0. The number of hydrogen-bond donors (Lipinski definition) is 0. The Labute approximate surface area is 139 Å². The van der Waals surface area contributed by atoms with Gasteiger partial charge in [-0.05, 0) is 31.0 Å². The van der Waals surface area contributed by atoms with Crippen LogP contribution in [0.2, 0.25) is 0 Å². The molecule has 1 saturated heterocycles. The Morgan fingerprint density at radius 1 is 1.25 bits per heavy atom. The second-order valence-electron chi connectivity index (χ2n) is 6.32. The zero-order chi connectivity index (χ0) is 17.3. The van der Waals surface area contributed by atoms with E-state index in [1.165, 1.54) is 32.4 Å². The summed E-state index contributed by atoms with van der Waals surface area (Å²) in [5.41, 5.74) is -2.64. The number of esters is 1. The lowest BCUT2D eigenvalue weighted by Crippen LogP contribution is -2.42. The van der Waals surface area contributed by atoms with E-state index >= 15 is 0 Å². The number of ether oxygens (including phenoxy) is 2. The Bertz CT molecular complexity index is 879. The molecule has 0 bridgehead atoms. The Balaban J connectivity index is 2.04. The number of fused-ring (bicyclic) bond motifs is 5. The average Bonchev–Trinajstić information content (AvgIpc) is 3.14. The fourth-order valence-corrected chi connectivity index (χ4v) is 6.76. The standard InChI is InChI=1S/C16H17NO6S/c1-22-10-6-7-12-11(9-10)16(14(19)23-2)15(17(16)24(12,20)21)8-4-3-5-13(15)18/h6-7,9H,3-5,8H2,1-2H3/t15-,16-,17?/m1/s1. The number of carbonyl (C=O) groups is 2. The molecule has 2 heterocycles. The molecular weight excluding hydrogens is 334 g/mol. The molecule has 128 valence electrons. The van der Waals surface area contributed by atoms with Crippen molar-refractivity contribution in [1.29, 1.82) is 0 Å². The van der Waals surface area contributed by atoms with Gasteiger partial charge in [0.25, 0.3) is 0 Å². The summed E-state index contributed by atoms with van der Waals surface area (Å²) in [7, 11) is -1.27. The molecule has 3 atom stereocenters. The number of hydrogen-bond acceptors (Lipinski definition) is 6. The molecule has 4 rings (SSSR count). The first kappa shape index (κ1) is 15.6. The van der Waals surface area contributed by atoms with Gasteiger partial charge in [-0.25, -0.2) is 13.2 Å². The summed E-state index contributed by atoms with van der Waals surface area (Å²) in [6, 6.07) is 4.48. The number of Topliss-reactive ketones (excluding diaryl/α,β-unsaturated/α-hetero) is 1. The summed E-state index contributed by atoms with van der Waals surface area (Å²) in [6.07, 6.45) is 1.99. The quantitative estimate of drug-likeness (QED) is 0.582. The lowest BCUT2D eigenvalue weighted by atomic mass is 9.76. The van der Waals surface area contributed by atoms with Gasteiger partial charge in [-0.15, -0.1) is 0 Å². The van der Waals surface area contributed by atoms with Crippen molar-refractivity contribution in [1.82, 2.24) is 4.31 Å². The highest BCUT2D eigenvalue weighted by atomic mass is 32.2. The van der Waals surface area contributed by atoms with Gasteiger partial charge in [0.2, 0.25) is 10.0 Å². The number of carbonyl (C=O) groups excluding carboxylic acids is 2. The van der Waals surface area contributed by atoms with Crippen LogP contribution in [0.1, 0.15) is 31.2 Å². The van der Waals surface area contributed by atoms with E-state index in [2.05, 4.69) is 0 Å². The summed E-state index contributed by atoms with van der Waals surface area (Å²) in [6.45, 7) is 0. The summed E-state index contributed by atoms with van der Waals surface area (Å²) >= 11 is 0. The van der Waals surface area contributed by atoms with E-state index in [9.17, 15) is 18.0 Å². The van der Waals surface area contributed by atoms with E-state index in [1.807, 2.05) is 0 Å². The fraction of sp³-hybridized carbons (Fsp3) is 0.500. The molecule has 1 aliphatic carbocycles. The van der Waals surface area contributed by atoms with Crippen molar-refractivity contribution >= 4 is 21.8 Å². The van der Waals surface area contributed by atoms with E-state index in [0.717, 1.165) is 4.31 Å². The molecule has 0 aromatic heterocycles. The first-order chi connectivity index (χ1) is 11.4. The largest absolute Gasteiger partial charge is 0.497 e. The normalized spacial score (nSPS) is 35.2. The molecule has 1 aromatic carbocycles. The van der Waals surface area contributed by atoms with Crippen molar-refractivity contribution in [2.75, 3.05) is 14.2 Å². The minimum absolute atomic E-state index is 0.0395. The minimum Gasteiger partial charge on any atom is -0.497 e. The van der Waals surface area contributed by atoms with Crippen LogP contribution in [0, 0.1) is 0 Å². The Morgan fingerprint density at radius 2 is 2.00 bits per heavy atom. The highest BCUT2D eigenvalue weighted by Gasteiger charge is 2.91. The molecule has 1 aromatic rings. The Kier molecular flexibility index (Phi) is 2.97. The highest BCUT2D eigenvalue weighted by molar-refractivity contribution is 7.90. The Morgan fingerprint density at radius 3 is 2.62 bits per heavy atom. The van der Waals surface area contributed by atoms with Gasteiger partial charge in [0.05, 0.1) is 19.1 Å². The van der Waals surface area contributed by atoms with Crippen molar-refractivity contribution in [3.05, 3.63) is 23.8 Å². The molecule has 24 heavy (non-hydrogen) atoms. The van der Waals surface area contributed by atoms with Gasteiger partial charge in [0.15, 0.2) is 11.3 Å². The second-order valence-corrected chi connectivity index (χ2v) is 8.08. The van der Waals surface area contributed by atoms with E-state index in [0.29, 0.717) is 25.0 Å². The molecule has 7 nitrogen and oxygen atoms in total. The van der Waals surface area contributed by atoms with Crippen molar-refractivity contribution in [3.63, 3.8) is 0 Å². The van der Waals surface area contributed by atoms with Crippen LogP contribution < -0.4 is 4.74 Å². The van der Waals surface area contributed by atoms with E-state index in [1.54, 1.807) is 0 Å². The highest BCUT2D eigenvalue weighted by Crippen LogP contribution is 2.71. The van der Waals surface area contributed by atoms with Gasteiger partial charge in [0, 0.05) is 12.0 Å². The maximum absolute atomic E-state index is 13.0. The molecule has 8 heteroatoms. The van der Waals surface area contributed by atoms with E-state index in [4.69, 9.17) is 9.47 Å². The number of rotatable bonds is 2. The number of methoxy groups -OCH3 is 2. The van der Waals surface area contributed by atoms with Gasteiger partial charge >= 0.3 is 5.97 Å². The van der Waals surface area contributed by atoms with Crippen LogP contribution in [0.3, 0.4) is 0 Å². The summed E-state index contributed by atoms with van der Waals surface area (Å²) < 4.78 is 37.2. The lowest BCUT2D eigenvalue weighted by molar-refractivity contribution is -0.146. The molecule has 0 N–H and O–H groups in total. The summed E-state index contributed by atoms with van der Waals surface area (Å²) in [4.78, 5) is 25.5. The smallest absolute Gasteiger partial charge is 0.334 e. The first-order valence-electron chi connectivity index (χ1n) is 7.75. The predicted octanol–water partition coefficient (Wildman–Crippen LogP) is 0.963. The van der Waals surface area contributed by atoms with Crippen LogP contribution in [0.5, 0.6) is 5.75 Å². The molecular formula is C16H17NO6S. The maximum atomic E-state index is 13.0. The van der Waals surface area contributed by atoms with Gasteiger partial charge < -0.3 is 9.47 Å². The fourth-order valence-electron chi connectivity index (χ4n) is 4.46. The second kappa shape index (κ2) is 4.58. The number of ketones is 1. The molecule has 2 aliphatic heterocycles. The predicted molar refractivity (Wildman–Crippen MR) is 81.9 cm³/mol. The van der Waals surface area contributed by atoms with Crippen LogP contribution >= 0.6 is 0 Å². The van der Waals surface area contributed by atoms with Crippen LogP contribution in [-0.2, 0) is 29.9 Å². The van der Waals surface area contributed by atoms with Gasteiger partial charge in [0.1, 0.15) is 11.3 Å². The molecule has 2 fully saturated rings. The molecule has 0 radical (unpaired) electrons. The van der Waals surface area contributed by atoms with Crippen LogP contribution in [-0.4, -0.2) is 44.2 Å². The molecule has 0 amide bonds. The average molecular weight is 351 g/mol. The SMILES string of the molecule is COC(=O)[C@@]12c3cc(OC)ccc3S(=O)(=O)N1[C@@]21CCCCC1=O. The lowest BCUT2D eigenvalue weighted by Gasteiger charge is -2.26. The van der Waals surface area contributed by atoms with Crippen LogP contribution in [0.15, 0.2) is 23.1 Å². The zero-order valence-electron chi connectivity index (χ0n) is 13.4. The summed E-state index contributed by atoms with van der Waals surface area (Å²) in [5.74, 6) is -0.496. The molecule has 1 unspecified atom stereocenters. The third-order valence-electron chi connectivity index (χ3n) is 5.43. The van der Waals surface area contributed by atoms with Gasteiger partial charge in [-0.3, -0.25) is 4.79 Å². The third-order valence-corrected chi connectivity index (χ3v) is 7.41. The van der Waals surface area contributed by atoms with Gasteiger partial charge in [-0.2, -0.15) is 4.31 Å². The van der Waals surface area contributed by atoms with Crippen molar-refractivity contribution in [3.8, 4) is 5.75 Å². The molecule has 3 aliphatic rings. The first-order valence-corrected chi connectivity index (χ1v) is 9.19. The van der Waals surface area contributed by atoms with Crippen molar-refractivity contribution < 1.29 is 27.5 Å². The topological polar surface area (TPSA) is 89.8 Å². The molecule has 1 spiro atoms. The monoisotopic (exact) mass is 351 g/mol. The third kappa shape index (κ3) is 1.41. The Hall–Kier alpha value is -1.93. The maximum Gasteiger partial charge on any atom is 0.334 e. The number of sulfonamides is 1. The van der Waals surface area contributed by atoms with E-state index in [-0.39, 0.29) is 22.7 Å². The van der Waals surface area contributed by atoms with Crippen molar-refractivity contribution in [2.45, 2.75) is 41.7 Å². The number of nitrogens with zero attached hydrogens (tertiary/aromatic N) is 1.